The summed E-state index contributed by atoms with van der Waals surface area (Å²) in [5, 5.41) is 0. The van der Waals surface area contributed by atoms with Crippen LogP contribution >= 0.6 is 27.5 Å². The third kappa shape index (κ3) is 1.36. The lowest BCUT2D eigenvalue weighted by Crippen LogP contribution is -1.92. The van der Waals surface area contributed by atoms with Crippen LogP contribution in [0.5, 0.6) is 0 Å². The second kappa shape index (κ2) is 3.31. The van der Waals surface area contributed by atoms with E-state index in [1.165, 1.54) is 0 Å². The summed E-state index contributed by atoms with van der Waals surface area (Å²) < 4.78 is 3.00. The Morgan fingerprint density at radius 2 is 2.31 bits per heavy atom. The molecule has 2 nitrogen and oxygen atoms in total. The first-order chi connectivity index (χ1) is 6.24. The lowest BCUT2D eigenvalue weighted by Gasteiger charge is -2.00. The number of nitrogens with zero attached hydrogens (tertiary/aromatic N) is 2. The molecule has 0 aliphatic rings. The predicted molar refractivity (Wildman–Crippen MR) is 57.2 cm³/mol. The molecule has 13 heavy (non-hydrogen) atoms. The van der Waals surface area contributed by atoms with Crippen molar-refractivity contribution in [2.24, 2.45) is 0 Å². The van der Waals surface area contributed by atoms with Crippen molar-refractivity contribution in [1.82, 2.24) is 9.38 Å². The normalized spacial score (nSPS) is 11.0. The zero-order valence-electron chi connectivity index (χ0n) is 7.09. The standard InChI is InChI=1S/C9H8BrClN2/c1-6-7(5-11)13-8(10)3-2-4-9(13)12-6/h2-4H,5H2,1H3. The quantitative estimate of drug-likeness (QED) is 0.568. The van der Waals surface area contributed by atoms with Gasteiger partial charge < -0.3 is 0 Å². The van der Waals surface area contributed by atoms with E-state index in [1.54, 1.807) is 0 Å². The Morgan fingerprint density at radius 3 is 3.00 bits per heavy atom. The molecular formula is C9H8BrClN2. The van der Waals surface area contributed by atoms with Gasteiger partial charge in [-0.3, -0.25) is 4.40 Å². The minimum atomic E-state index is 0.482. The number of rotatable bonds is 1. The maximum atomic E-state index is 5.84. The monoisotopic (exact) mass is 258 g/mol. The highest BCUT2D eigenvalue weighted by atomic mass is 79.9. The molecule has 0 aromatic carbocycles. The van der Waals surface area contributed by atoms with Crippen LogP contribution in [0.2, 0.25) is 0 Å². The Kier molecular flexibility index (Phi) is 2.30. The summed E-state index contributed by atoms with van der Waals surface area (Å²) in [6.45, 7) is 1.97. The summed E-state index contributed by atoms with van der Waals surface area (Å²) >= 11 is 9.31. The van der Waals surface area contributed by atoms with Gasteiger partial charge in [-0.05, 0) is 35.0 Å². The van der Waals surface area contributed by atoms with Crippen LogP contribution in [0.25, 0.3) is 5.65 Å². The first kappa shape index (κ1) is 9.03. The van der Waals surface area contributed by atoms with Crippen molar-refractivity contribution in [3.8, 4) is 0 Å². The number of pyridine rings is 1. The van der Waals surface area contributed by atoms with Crippen molar-refractivity contribution < 1.29 is 0 Å². The highest BCUT2D eigenvalue weighted by molar-refractivity contribution is 9.10. The number of hydrogen-bond donors (Lipinski definition) is 0. The van der Waals surface area contributed by atoms with E-state index < -0.39 is 0 Å². The highest BCUT2D eigenvalue weighted by Gasteiger charge is 2.08. The Hall–Kier alpha value is -0.540. The van der Waals surface area contributed by atoms with Gasteiger partial charge in [0, 0.05) is 0 Å². The number of hydrogen-bond acceptors (Lipinski definition) is 1. The molecule has 0 spiro atoms. The first-order valence-corrected chi connectivity index (χ1v) is 5.25. The molecule has 0 aliphatic heterocycles. The lowest BCUT2D eigenvalue weighted by atomic mass is 10.4. The third-order valence-corrected chi connectivity index (χ3v) is 2.89. The van der Waals surface area contributed by atoms with Crippen molar-refractivity contribution in [3.05, 3.63) is 34.2 Å². The lowest BCUT2D eigenvalue weighted by molar-refractivity contribution is 1.04. The molecule has 0 fully saturated rings. The van der Waals surface area contributed by atoms with Crippen LogP contribution in [0, 0.1) is 6.92 Å². The topological polar surface area (TPSA) is 17.3 Å². The number of imidazole rings is 1. The summed E-state index contributed by atoms with van der Waals surface area (Å²) in [4.78, 5) is 4.39. The molecule has 2 rings (SSSR count). The molecule has 68 valence electrons. The highest BCUT2D eigenvalue weighted by Crippen LogP contribution is 2.19. The molecule has 0 aliphatic carbocycles. The molecular weight excluding hydrogens is 251 g/mol. The summed E-state index contributed by atoms with van der Waals surface area (Å²) in [6, 6.07) is 5.90. The van der Waals surface area contributed by atoms with Gasteiger partial charge in [0.05, 0.1) is 21.9 Å². The average molecular weight is 260 g/mol. The van der Waals surface area contributed by atoms with Gasteiger partial charge in [-0.1, -0.05) is 6.07 Å². The first-order valence-electron chi connectivity index (χ1n) is 3.92. The number of halogens is 2. The Morgan fingerprint density at radius 1 is 1.54 bits per heavy atom. The van der Waals surface area contributed by atoms with Crippen LogP contribution in [0.15, 0.2) is 22.8 Å². The van der Waals surface area contributed by atoms with Crippen LogP contribution in [-0.4, -0.2) is 9.38 Å². The van der Waals surface area contributed by atoms with Crippen molar-refractivity contribution >= 4 is 33.2 Å². The van der Waals surface area contributed by atoms with E-state index in [4.69, 9.17) is 11.6 Å². The van der Waals surface area contributed by atoms with Crippen molar-refractivity contribution in [1.29, 1.82) is 0 Å². The largest absolute Gasteiger partial charge is 0.289 e. The van der Waals surface area contributed by atoms with Gasteiger partial charge in [-0.15, -0.1) is 11.6 Å². The second-order valence-electron chi connectivity index (χ2n) is 2.82. The van der Waals surface area contributed by atoms with E-state index in [0.29, 0.717) is 5.88 Å². The van der Waals surface area contributed by atoms with E-state index in [-0.39, 0.29) is 0 Å². The molecule has 0 atom stereocenters. The SMILES string of the molecule is Cc1nc2cccc(Br)n2c1CCl. The smallest absolute Gasteiger partial charge is 0.138 e. The number of alkyl halides is 1. The summed E-state index contributed by atoms with van der Waals surface area (Å²) in [6.07, 6.45) is 0. The van der Waals surface area contributed by atoms with Gasteiger partial charge in [0.25, 0.3) is 0 Å². The van der Waals surface area contributed by atoms with E-state index in [0.717, 1.165) is 21.6 Å². The predicted octanol–water partition coefficient (Wildman–Crippen LogP) is 3.14. The minimum Gasteiger partial charge on any atom is -0.289 e. The molecule has 2 aromatic rings. The third-order valence-electron chi connectivity index (χ3n) is 2.02. The molecule has 0 saturated heterocycles. The molecule has 0 bridgehead atoms. The Labute approximate surface area is 89.7 Å². The van der Waals surface area contributed by atoms with Crippen molar-refractivity contribution in [3.63, 3.8) is 0 Å². The second-order valence-corrected chi connectivity index (χ2v) is 3.90. The fourth-order valence-corrected chi connectivity index (χ4v) is 2.24. The van der Waals surface area contributed by atoms with Crippen molar-refractivity contribution in [2.45, 2.75) is 12.8 Å². The van der Waals surface area contributed by atoms with Gasteiger partial charge in [0.1, 0.15) is 5.65 Å². The summed E-state index contributed by atoms with van der Waals surface area (Å²) in [7, 11) is 0. The fraction of sp³-hybridized carbons (Fsp3) is 0.222. The minimum absolute atomic E-state index is 0.482. The number of fused-ring (bicyclic) bond motifs is 1. The zero-order chi connectivity index (χ0) is 9.42. The molecule has 0 saturated carbocycles. The van der Waals surface area contributed by atoms with E-state index in [1.807, 2.05) is 29.5 Å². The molecule has 2 heterocycles. The van der Waals surface area contributed by atoms with Crippen molar-refractivity contribution in [2.75, 3.05) is 0 Å². The molecule has 2 aromatic heterocycles. The Bertz CT molecular complexity index is 450. The summed E-state index contributed by atoms with van der Waals surface area (Å²) in [5.74, 6) is 0.482. The molecule has 0 N–H and O–H groups in total. The van der Waals surface area contributed by atoms with Gasteiger partial charge in [0.2, 0.25) is 0 Å². The van der Waals surface area contributed by atoms with E-state index >= 15 is 0 Å². The molecule has 4 heteroatoms. The molecule has 0 radical (unpaired) electrons. The van der Waals surface area contributed by atoms with Crippen LogP contribution in [0.4, 0.5) is 0 Å². The average Bonchev–Trinajstić information content (AvgIpc) is 2.42. The van der Waals surface area contributed by atoms with Gasteiger partial charge in [0.15, 0.2) is 0 Å². The summed E-state index contributed by atoms with van der Waals surface area (Å²) in [5.41, 5.74) is 2.97. The zero-order valence-corrected chi connectivity index (χ0v) is 9.43. The van der Waals surface area contributed by atoms with E-state index in [9.17, 15) is 0 Å². The van der Waals surface area contributed by atoms with Crippen LogP contribution in [-0.2, 0) is 5.88 Å². The number of aryl methyl sites for hydroxylation is 1. The van der Waals surface area contributed by atoms with Crippen LogP contribution in [0.1, 0.15) is 11.4 Å². The van der Waals surface area contributed by atoms with Crippen LogP contribution in [0.3, 0.4) is 0 Å². The maximum Gasteiger partial charge on any atom is 0.138 e. The van der Waals surface area contributed by atoms with Gasteiger partial charge >= 0.3 is 0 Å². The fourth-order valence-electron chi connectivity index (χ4n) is 1.38. The van der Waals surface area contributed by atoms with Gasteiger partial charge in [-0.25, -0.2) is 4.98 Å². The Balaban J connectivity index is 2.88. The molecule has 0 amide bonds. The number of aromatic nitrogens is 2. The van der Waals surface area contributed by atoms with E-state index in [2.05, 4.69) is 20.9 Å². The van der Waals surface area contributed by atoms with Crippen LogP contribution < -0.4 is 0 Å². The van der Waals surface area contributed by atoms with Gasteiger partial charge in [-0.2, -0.15) is 0 Å². The maximum absolute atomic E-state index is 5.84. The molecule has 0 unspecified atom stereocenters.